The summed E-state index contributed by atoms with van der Waals surface area (Å²) in [4.78, 5) is 2.68. The highest BCUT2D eigenvalue weighted by Gasteiger charge is 2.52. The third kappa shape index (κ3) is 4.37. The Labute approximate surface area is 345 Å². The zero-order chi connectivity index (χ0) is 38.9. The molecule has 3 heteroatoms. The van der Waals surface area contributed by atoms with Gasteiger partial charge >= 0.3 is 0 Å². The third-order valence-corrected chi connectivity index (χ3v) is 14.3. The lowest BCUT2D eigenvalue weighted by Crippen LogP contribution is -2.39. The number of benzene rings is 6. The van der Waals surface area contributed by atoms with Crippen LogP contribution in [-0.4, -0.2) is 10.6 Å². The molecule has 0 bridgehead atoms. The van der Waals surface area contributed by atoms with Gasteiger partial charge in [0.1, 0.15) is 11.5 Å². The highest BCUT2D eigenvalue weighted by molar-refractivity contribution is 5.96. The molecule has 0 saturated heterocycles. The summed E-state index contributed by atoms with van der Waals surface area (Å²) in [5.41, 5.74) is 19.1. The van der Waals surface area contributed by atoms with E-state index < -0.39 is 5.41 Å². The lowest BCUT2D eigenvalue weighted by Gasteiger charge is -2.41. The molecule has 5 aliphatic carbocycles. The van der Waals surface area contributed by atoms with Gasteiger partial charge in [0.2, 0.25) is 0 Å². The smallest absolute Gasteiger partial charge is 0.114 e. The highest BCUT2D eigenvalue weighted by Crippen LogP contribution is 2.63. The molecule has 1 aromatic heterocycles. The van der Waals surface area contributed by atoms with E-state index >= 15 is 0 Å². The molecule has 0 saturated carbocycles. The molecule has 0 N–H and O–H groups in total. The van der Waals surface area contributed by atoms with E-state index in [0.29, 0.717) is 0 Å². The van der Waals surface area contributed by atoms with Gasteiger partial charge in [-0.15, -0.1) is 0 Å². The van der Waals surface area contributed by atoms with Crippen molar-refractivity contribution in [2.24, 2.45) is 5.41 Å². The van der Waals surface area contributed by atoms with Gasteiger partial charge in [-0.3, -0.25) is 0 Å². The fourth-order valence-electron chi connectivity index (χ4n) is 11.8. The second-order valence-corrected chi connectivity index (χ2v) is 17.2. The molecule has 13 rings (SSSR count). The standard InChI is InChI=1S/C56H42N2O/c1-55-35-39(29-32-54(55)59-53-26-14-12-24-49(53)55)57(38-28-31-45-44-20-8-13-25-51(44)58(52(45)34-38)36-15-3-2-4-16-36)37-27-30-43-42-19-7-11-23-48(42)56(50(43)33-37)46-21-9-5-17-40(46)41-18-6-10-22-47(41)56/h2-13,15-25,27-33,38H,14,26,34-35H2,1H3. The Bertz CT molecular complexity index is 3050. The van der Waals surface area contributed by atoms with Crippen molar-refractivity contribution in [3.8, 4) is 27.9 Å². The van der Waals surface area contributed by atoms with Gasteiger partial charge in [0.15, 0.2) is 0 Å². The molecule has 1 spiro atoms. The van der Waals surface area contributed by atoms with E-state index in [2.05, 4.69) is 198 Å². The maximum Gasteiger partial charge on any atom is 0.114 e. The Morgan fingerprint density at radius 2 is 1.32 bits per heavy atom. The summed E-state index contributed by atoms with van der Waals surface area (Å²) in [7, 11) is 0. The van der Waals surface area contributed by atoms with Gasteiger partial charge in [0.05, 0.1) is 22.4 Å². The van der Waals surface area contributed by atoms with E-state index in [-0.39, 0.29) is 11.5 Å². The summed E-state index contributed by atoms with van der Waals surface area (Å²) in [6, 6.07) is 54.6. The van der Waals surface area contributed by atoms with Crippen LogP contribution < -0.4 is 4.90 Å². The van der Waals surface area contributed by atoms with Crippen LogP contribution in [0.5, 0.6) is 0 Å². The molecule has 6 aromatic carbocycles. The average molecular weight is 759 g/mol. The molecular formula is C56H42N2O. The second kappa shape index (κ2) is 12.1. The molecule has 2 heterocycles. The molecule has 6 aliphatic rings. The molecule has 2 unspecified atom stereocenters. The Balaban J connectivity index is 1.03. The molecule has 7 aromatic rings. The summed E-state index contributed by atoms with van der Waals surface area (Å²) in [6.45, 7) is 2.39. The first-order chi connectivity index (χ1) is 29.1. The van der Waals surface area contributed by atoms with E-state index in [0.717, 1.165) is 37.2 Å². The van der Waals surface area contributed by atoms with Crippen LogP contribution in [0, 0.1) is 5.41 Å². The number of allylic oxidation sites excluding steroid dienone is 7. The predicted octanol–water partition coefficient (Wildman–Crippen LogP) is 13.2. The molecular weight excluding hydrogens is 717 g/mol. The van der Waals surface area contributed by atoms with Crippen LogP contribution in [0.1, 0.15) is 59.7 Å². The molecule has 59 heavy (non-hydrogen) atoms. The summed E-state index contributed by atoms with van der Waals surface area (Å²) < 4.78 is 9.14. The van der Waals surface area contributed by atoms with Gasteiger partial charge in [0, 0.05) is 58.6 Å². The number of ether oxygens (including phenoxy) is 1. The normalized spacial score (nSPS) is 20.9. The van der Waals surface area contributed by atoms with Gasteiger partial charge in [-0.25, -0.2) is 0 Å². The predicted molar refractivity (Wildman–Crippen MR) is 240 cm³/mol. The van der Waals surface area contributed by atoms with Crippen molar-refractivity contribution in [3.63, 3.8) is 0 Å². The average Bonchev–Trinajstić information content (AvgIpc) is 3.98. The lowest BCUT2D eigenvalue weighted by atomic mass is 9.70. The minimum Gasteiger partial charge on any atom is -0.465 e. The Morgan fingerprint density at radius 1 is 0.661 bits per heavy atom. The van der Waals surface area contributed by atoms with Crippen molar-refractivity contribution in [2.45, 2.75) is 44.1 Å². The van der Waals surface area contributed by atoms with Crippen molar-refractivity contribution < 1.29 is 4.74 Å². The highest BCUT2D eigenvalue weighted by atomic mass is 16.5. The van der Waals surface area contributed by atoms with E-state index in [1.165, 1.54) is 89.3 Å². The zero-order valence-electron chi connectivity index (χ0n) is 33.0. The van der Waals surface area contributed by atoms with Gasteiger partial charge in [0.25, 0.3) is 0 Å². The number of nitrogens with zero attached hydrogens (tertiary/aromatic N) is 2. The van der Waals surface area contributed by atoms with E-state index in [9.17, 15) is 0 Å². The third-order valence-electron chi connectivity index (χ3n) is 14.3. The molecule has 2 atom stereocenters. The minimum atomic E-state index is -0.415. The van der Waals surface area contributed by atoms with Crippen LogP contribution >= 0.6 is 0 Å². The van der Waals surface area contributed by atoms with Gasteiger partial charge in [-0.05, 0) is 100 Å². The zero-order valence-corrected chi connectivity index (χ0v) is 33.0. The second-order valence-electron chi connectivity index (χ2n) is 17.2. The maximum absolute atomic E-state index is 6.63. The largest absolute Gasteiger partial charge is 0.465 e. The first-order valence-corrected chi connectivity index (χ1v) is 21.2. The van der Waals surface area contributed by atoms with Gasteiger partial charge < -0.3 is 14.2 Å². The monoisotopic (exact) mass is 758 g/mol. The fourth-order valence-corrected chi connectivity index (χ4v) is 11.8. The molecule has 0 fully saturated rings. The van der Waals surface area contributed by atoms with Crippen molar-refractivity contribution in [2.75, 3.05) is 4.90 Å². The number of hydrogen-bond donors (Lipinski definition) is 0. The quantitative estimate of drug-likeness (QED) is 0.178. The van der Waals surface area contributed by atoms with Crippen molar-refractivity contribution in [1.29, 1.82) is 0 Å². The molecule has 0 amide bonds. The minimum absolute atomic E-state index is 0.0673. The Morgan fingerprint density at radius 3 is 2.07 bits per heavy atom. The fraction of sp³-hybridized carbons (Fsp3) is 0.143. The van der Waals surface area contributed by atoms with Crippen molar-refractivity contribution >= 4 is 22.7 Å². The maximum atomic E-state index is 6.63. The number of fused-ring (bicyclic) bond motifs is 15. The first-order valence-electron chi connectivity index (χ1n) is 21.2. The lowest BCUT2D eigenvalue weighted by molar-refractivity contribution is 0.256. The number of anilines is 1. The Hall–Kier alpha value is -6.84. The van der Waals surface area contributed by atoms with E-state index in [4.69, 9.17) is 4.74 Å². The molecule has 0 radical (unpaired) electrons. The van der Waals surface area contributed by atoms with Crippen LogP contribution in [0.4, 0.5) is 5.69 Å². The van der Waals surface area contributed by atoms with Gasteiger partial charge in [-0.1, -0.05) is 140 Å². The molecule has 3 nitrogen and oxygen atoms in total. The first kappa shape index (κ1) is 33.2. The summed E-state index contributed by atoms with van der Waals surface area (Å²) >= 11 is 0. The number of rotatable bonds is 4. The van der Waals surface area contributed by atoms with Crippen LogP contribution in [0.15, 0.2) is 199 Å². The molecule has 1 aliphatic heterocycles. The van der Waals surface area contributed by atoms with Crippen molar-refractivity contribution in [3.05, 3.63) is 232 Å². The van der Waals surface area contributed by atoms with E-state index in [1.54, 1.807) is 0 Å². The van der Waals surface area contributed by atoms with Crippen molar-refractivity contribution in [1.82, 2.24) is 4.57 Å². The summed E-state index contributed by atoms with van der Waals surface area (Å²) in [6.07, 6.45) is 17.9. The van der Waals surface area contributed by atoms with Crippen LogP contribution in [0.25, 0.3) is 44.9 Å². The van der Waals surface area contributed by atoms with Crippen LogP contribution in [-0.2, 0) is 16.6 Å². The molecule has 282 valence electrons. The summed E-state index contributed by atoms with van der Waals surface area (Å²) in [5, 5.41) is 1.30. The number of para-hydroxylation sites is 2. The number of hydrogen-bond acceptors (Lipinski definition) is 2. The summed E-state index contributed by atoms with van der Waals surface area (Å²) in [5.74, 6) is 2.22. The number of aromatic nitrogens is 1. The van der Waals surface area contributed by atoms with Crippen LogP contribution in [0.2, 0.25) is 0 Å². The SMILES string of the molecule is CC12CC(N(c3ccc4c(c3)C3(c5ccccc5-c5ccccc53)c3ccccc3-4)C3C=Cc4c(n(-c5ccccc5)c5ccccc45)C3)=CC=C1OC1=C2C=CCC1. The van der Waals surface area contributed by atoms with Crippen LogP contribution in [0.3, 0.4) is 0 Å². The van der Waals surface area contributed by atoms with Gasteiger partial charge in [-0.2, -0.15) is 0 Å². The van der Waals surface area contributed by atoms with E-state index in [1.807, 2.05) is 0 Å². The Kier molecular flexibility index (Phi) is 6.80. The topological polar surface area (TPSA) is 17.4 Å².